The molecule has 2 unspecified atom stereocenters. The van der Waals surface area contributed by atoms with E-state index in [1.807, 2.05) is 30.3 Å². The van der Waals surface area contributed by atoms with Crippen LogP contribution in [0.5, 0.6) is 0 Å². The van der Waals surface area contributed by atoms with Crippen molar-refractivity contribution in [2.75, 3.05) is 19.7 Å². The molecule has 1 aromatic carbocycles. The lowest BCUT2D eigenvalue weighted by molar-refractivity contribution is 0.0163. The number of hydrogen-bond donors (Lipinski definition) is 2. The third-order valence-electron chi connectivity index (χ3n) is 3.68. The molecule has 2 rings (SSSR count). The van der Waals surface area contributed by atoms with Gasteiger partial charge in [-0.05, 0) is 43.8 Å². The van der Waals surface area contributed by atoms with Gasteiger partial charge in [0.1, 0.15) is 0 Å². The molecule has 106 valence electrons. The van der Waals surface area contributed by atoms with Crippen LogP contribution in [0.2, 0.25) is 0 Å². The van der Waals surface area contributed by atoms with Gasteiger partial charge in [0, 0.05) is 0 Å². The molecule has 2 N–H and O–H groups in total. The van der Waals surface area contributed by atoms with Gasteiger partial charge in [-0.25, -0.2) is 0 Å². The van der Waals surface area contributed by atoms with E-state index >= 15 is 0 Å². The minimum atomic E-state index is -0.339. The SMILES string of the molecule is OC(COCc1ccccc1)CC1CCCCNC1. The van der Waals surface area contributed by atoms with Crippen LogP contribution in [0.1, 0.15) is 31.2 Å². The highest BCUT2D eigenvalue weighted by Gasteiger charge is 2.16. The summed E-state index contributed by atoms with van der Waals surface area (Å²) in [6, 6.07) is 10.1. The average molecular weight is 263 g/mol. The van der Waals surface area contributed by atoms with Crippen LogP contribution in [0.15, 0.2) is 30.3 Å². The van der Waals surface area contributed by atoms with E-state index in [0.29, 0.717) is 19.1 Å². The van der Waals surface area contributed by atoms with Crippen molar-refractivity contribution in [2.24, 2.45) is 5.92 Å². The predicted molar refractivity (Wildman–Crippen MR) is 76.9 cm³/mol. The van der Waals surface area contributed by atoms with E-state index in [9.17, 15) is 5.11 Å². The molecule has 0 bridgehead atoms. The highest BCUT2D eigenvalue weighted by atomic mass is 16.5. The summed E-state index contributed by atoms with van der Waals surface area (Å²) in [5, 5.41) is 13.5. The molecule has 1 aliphatic heterocycles. The highest BCUT2D eigenvalue weighted by Crippen LogP contribution is 2.17. The van der Waals surface area contributed by atoms with E-state index in [-0.39, 0.29) is 6.10 Å². The van der Waals surface area contributed by atoms with Gasteiger partial charge < -0.3 is 15.2 Å². The van der Waals surface area contributed by atoms with E-state index in [1.165, 1.54) is 19.3 Å². The van der Waals surface area contributed by atoms with Crippen molar-refractivity contribution in [3.8, 4) is 0 Å². The molecule has 1 heterocycles. The summed E-state index contributed by atoms with van der Waals surface area (Å²) in [6.07, 6.45) is 4.27. The second-order valence-corrected chi connectivity index (χ2v) is 5.46. The Hall–Kier alpha value is -0.900. The van der Waals surface area contributed by atoms with Gasteiger partial charge in [0.15, 0.2) is 0 Å². The second-order valence-electron chi connectivity index (χ2n) is 5.46. The van der Waals surface area contributed by atoms with Crippen LogP contribution in [0, 0.1) is 5.92 Å². The molecule has 1 fully saturated rings. The van der Waals surface area contributed by atoms with E-state index in [2.05, 4.69) is 5.32 Å². The summed E-state index contributed by atoms with van der Waals surface area (Å²) in [5.74, 6) is 0.595. The second kappa shape index (κ2) is 8.31. The van der Waals surface area contributed by atoms with Crippen molar-refractivity contribution in [2.45, 2.75) is 38.4 Å². The van der Waals surface area contributed by atoms with Gasteiger partial charge in [0.25, 0.3) is 0 Å². The molecule has 3 heteroatoms. The molecular weight excluding hydrogens is 238 g/mol. The molecule has 0 amide bonds. The highest BCUT2D eigenvalue weighted by molar-refractivity contribution is 5.13. The maximum Gasteiger partial charge on any atom is 0.0777 e. The number of ether oxygens (including phenoxy) is 1. The van der Waals surface area contributed by atoms with Gasteiger partial charge >= 0.3 is 0 Å². The van der Waals surface area contributed by atoms with Crippen LogP contribution < -0.4 is 5.32 Å². The normalized spacial score (nSPS) is 21.8. The van der Waals surface area contributed by atoms with Gasteiger partial charge in [-0.3, -0.25) is 0 Å². The zero-order chi connectivity index (χ0) is 13.3. The van der Waals surface area contributed by atoms with Gasteiger partial charge in [0.2, 0.25) is 0 Å². The minimum absolute atomic E-state index is 0.339. The van der Waals surface area contributed by atoms with Crippen molar-refractivity contribution in [3.05, 3.63) is 35.9 Å². The molecule has 3 nitrogen and oxygen atoms in total. The summed E-state index contributed by atoms with van der Waals surface area (Å²) in [5.41, 5.74) is 1.16. The van der Waals surface area contributed by atoms with Crippen LogP contribution >= 0.6 is 0 Å². The van der Waals surface area contributed by atoms with Crippen molar-refractivity contribution in [3.63, 3.8) is 0 Å². The average Bonchev–Trinajstić information content (AvgIpc) is 2.68. The standard InChI is InChI=1S/C16H25NO2/c18-16(10-15-8-4-5-9-17-11-15)13-19-12-14-6-2-1-3-7-14/h1-3,6-7,15-18H,4-5,8-13H2. The van der Waals surface area contributed by atoms with Crippen LogP contribution in [-0.2, 0) is 11.3 Å². The number of aliphatic hydroxyl groups is 1. The maximum atomic E-state index is 10.0. The lowest BCUT2D eigenvalue weighted by Crippen LogP contribution is -2.26. The number of benzene rings is 1. The number of hydrogen-bond acceptors (Lipinski definition) is 3. The fourth-order valence-electron chi connectivity index (χ4n) is 2.63. The molecule has 0 radical (unpaired) electrons. The zero-order valence-corrected chi connectivity index (χ0v) is 11.6. The summed E-state index contributed by atoms with van der Waals surface area (Å²) >= 11 is 0. The molecule has 1 saturated heterocycles. The Morgan fingerprint density at radius 2 is 2.11 bits per heavy atom. The summed E-state index contributed by atoms with van der Waals surface area (Å²) in [6.45, 7) is 3.18. The summed E-state index contributed by atoms with van der Waals surface area (Å²) in [7, 11) is 0. The third kappa shape index (κ3) is 5.72. The van der Waals surface area contributed by atoms with E-state index in [4.69, 9.17) is 4.74 Å². The Labute approximate surface area is 116 Å². The van der Waals surface area contributed by atoms with E-state index in [1.54, 1.807) is 0 Å². The van der Waals surface area contributed by atoms with E-state index in [0.717, 1.165) is 25.1 Å². The van der Waals surface area contributed by atoms with Crippen LogP contribution in [0.3, 0.4) is 0 Å². The summed E-state index contributed by atoms with van der Waals surface area (Å²) in [4.78, 5) is 0. The maximum absolute atomic E-state index is 10.0. The number of nitrogens with one attached hydrogen (secondary N) is 1. The van der Waals surface area contributed by atoms with Crippen LogP contribution in [-0.4, -0.2) is 30.9 Å². The first-order chi connectivity index (χ1) is 9.34. The van der Waals surface area contributed by atoms with Gasteiger partial charge in [-0.1, -0.05) is 36.8 Å². The molecule has 1 aliphatic rings. The fourth-order valence-corrected chi connectivity index (χ4v) is 2.63. The predicted octanol–water partition coefficient (Wildman–Crippen LogP) is 2.34. The van der Waals surface area contributed by atoms with Gasteiger partial charge in [-0.2, -0.15) is 0 Å². The first kappa shape index (κ1) is 14.5. The van der Waals surface area contributed by atoms with Crippen LogP contribution in [0.4, 0.5) is 0 Å². The minimum Gasteiger partial charge on any atom is -0.391 e. The molecule has 0 aromatic heterocycles. The summed E-state index contributed by atoms with van der Waals surface area (Å²) < 4.78 is 5.58. The Kier molecular flexibility index (Phi) is 6.34. The Morgan fingerprint density at radius 3 is 2.95 bits per heavy atom. The fraction of sp³-hybridized carbons (Fsp3) is 0.625. The largest absolute Gasteiger partial charge is 0.391 e. The lowest BCUT2D eigenvalue weighted by atomic mass is 9.97. The molecule has 2 atom stereocenters. The molecule has 19 heavy (non-hydrogen) atoms. The van der Waals surface area contributed by atoms with E-state index < -0.39 is 0 Å². The molecule has 0 aliphatic carbocycles. The Bertz CT molecular complexity index is 334. The quantitative estimate of drug-likeness (QED) is 0.828. The van der Waals surface area contributed by atoms with Gasteiger partial charge in [0.05, 0.1) is 19.3 Å². The molecular formula is C16H25NO2. The van der Waals surface area contributed by atoms with Crippen molar-refractivity contribution in [1.29, 1.82) is 0 Å². The van der Waals surface area contributed by atoms with Gasteiger partial charge in [-0.15, -0.1) is 0 Å². The topological polar surface area (TPSA) is 41.5 Å². The van der Waals surface area contributed by atoms with Crippen LogP contribution in [0.25, 0.3) is 0 Å². The number of aliphatic hydroxyl groups excluding tert-OH is 1. The first-order valence-electron chi connectivity index (χ1n) is 7.35. The monoisotopic (exact) mass is 263 g/mol. The lowest BCUT2D eigenvalue weighted by Gasteiger charge is -2.18. The number of rotatable bonds is 6. The zero-order valence-electron chi connectivity index (χ0n) is 11.6. The van der Waals surface area contributed by atoms with Crippen molar-refractivity contribution >= 4 is 0 Å². The molecule has 0 saturated carbocycles. The smallest absolute Gasteiger partial charge is 0.0777 e. The Morgan fingerprint density at radius 1 is 1.26 bits per heavy atom. The third-order valence-corrected chi connectivity index (χ3v) is 3.68. The van der Waals surface area contributed by atoms with Crippen molar-refractivity contribution in [1.82, 2.24) is 5.32 Å². The Balaban J connectivity index is 1.62. The van der Waals surface area contributed by atoms with Crippen molar-refractivity contribution < 1.29 is 9.84 Å². The first-order valence-corrected chi connectivity index (χ1v) is 7.35. The molecule has 0 spiro atoms. The molecule has 1 aromatic rings.